The first-order chi connectivity index (χ1) is 8.19. The van der Waals surface area contributed by atoms with Crippen LogP contribution in [0, 0.1) is 5.92 Å². The SMILES string of the molecule is CCC1CN(C(=O)COCCOC)CCC1N. The van der Waals surface area contributed by atoms with Gasteiger partial charge in [-0.25, -0.2) is 0 Å². The van der Waals surface area contributed by atoms with E-state index in [1.165, 1.54) is 0 Å². The van der Waals surface area contributed by atoms with Gasteiger partial charge in [0.2, 0.25) is 5.91 Å². The van der Waals surface area contributed by atoms with Crippen molar-refractivity contribution < 1.29 is 14.3 Å². The Morgan fingerprint density at radius 3 is 2.88 bits per heavy atom. The Bertz CT molecular complexity index is 236. The predicted octanol–water partition coefficient (Wildman–Crippen LogP) is 0.235. The average Bonchev–Trinajstić information content (AvgIpc) is 2.35. The van der Waals surface area contributed by atoms with Gasteiger partial charge in [-0.1, -0.05) is 13.3 Å². The van der Waals surface area contributed by atoms with Crippen molar-refractivity contribution in [2.45, 2.75) is 25.8 Å². The highest BCUT2D eigenvalue weighted by atomic mass is 16.5. The highest BCUT2D eigenvalue weighted by Crippen LogP contribution is 2.18. The summed E-state index contributed by atoms with van der Waals surface area (Å²) >= 11 is 0. The third-order valence-corrected chi connectivity index (χ3v) is 3.33. The van der Waals surface area contributed by atoms with Crippen molar-refractivity contribution in [2.24, 2.45) is 11.7 Å². The zero-order valence-electron chi connectivity index (χ0n) is 10.9. The van der Waals surface area contributed by atoms with Gasteiger partial charge in [0.1, 0.15) is 6.61 Å². The van der Waals surface area contributed by atoms with Gasteiger partial charge in [-0.2, -0.15) is 0 Å². The maximum Gasteiger partial charge on any atom is 0.248 e. The summed E-state index contributed by atoms with van der Waals surface area (Å²) in [6.45, 7) is 4.78. The number of likely N-dealkylation sites (tertiary alicyclic amines) is 1. The van der Waals surface area contributed by atoms with E-state index in [-0.39, 0.29) is 18.6 Å². The Balaban J connectivity index is 2.27. The van der Waals surface area contributed by atoms with Crippen LogP contribution in [0.3, 0.4) is 0 Å². The summed E-state index contributed by atoms with van der Waals surface area (Å²) in [6.07, 6.45) is 1.91. The van der Waals surface area contributed by atoms with Crippen LogP contribution in [0.2, 0.25) is 0 Å². The minimum Gasteiger partial charge on any atom is -0.382 e. The van der Waals surface area contributed by atoms with Crippen molar-refractivity contribution in [1.29, 1.82) is 0 Å². The van der Waals surface area contributed by atoms with Gasteiger partial charge >= 0.3 is 0 Å². The lowest BCUT2D eigenvalue weighted by Crippen LogP contribution is -2.49. The molecule has 1 aliphatic rings. The fourth-order valence-electron chi connectivity index (χ4n) is 2.10. The van der Waals surface area contributed by atoms with E-state index < -0.39 is 0 Å². The van der Waals surface area contributed by atoms with E-state index in [0.717, 1.165) is 25.9 Å². The van der Waals surface area contributed by atoms with E-state index >= 15 is 0 Å². The molecule has 0 aromatic carbocycles. The number of hydrogen-bond donors (Lipinski definition) is 1. The van der Waals surface area contributed by atoms with Gasteiger partial charge in [0, 0.05) is 26.2 Å². The molecule has 1 rings (SSSR count). The molecule has 0 aromatic heterocycles. The zero-order chi connectivity index (χ0) is 12.7. The minimum absolute atomic E-state index is 0.0615. The van der Waals surface area contributed by atoms with Gasteiger partial charge < -0.3 is 20.1 Å². The van der Waals surface area contributed by atoms with E-state index in [2.05, 4.69) is 6.92 Å². The molecule has 2 atom stereocenters. The number of nitrogens with zero attached hydrogens (tertiary/aromatic N) is 1. The van der Waals surface area contributed by atoms with Crippen LogP contribution in [0.25, 0.3) is 0 Å². The van der Waals surface area contributed by atoms with E-state index in [1.54, 1.807) is 7.11 Å². The normalized spacial score (nSPS) is 25.0. The molecule has 0 bridgehead atoms. The highest BCUT2D eigenvalue weighted by Gasteiger charge is 2.27. The van der Waals surface area contributed by atoms with Gasteiger partial charge in [0.15, 0.2) is 0 Å². The third-order valence-electron chi connectivity index (χ3n) is 3.33. The van der Waals surface area contributed by atoms with Crippen LogP contribution < -0.4 is 5.73 Å². The Morgan fingerprint density at radius 1 is 1.47 bits per heavy atom. The Labute approximate surface area is 103 Å². The first-order valence-electron chi connectivity index (χ1n) is 6.29. The number of carbonyl (C=O) groups excluding carboxylic acids is 1. The van der Waals surface area contributed by atoms with Crippen molar-refractivity contribution in [2.75, 3.05) is 40.0 Å². The molecule has 100 valence electrons. The molecule has 0 saturated carbocycles. The van der Waals surface area contributed by atoms with Gasteiger partial charge in [-0.15, -0.1) is 0 Å². The number of rotatable bonds is 6. The lowest BCUT2D eigenvalue weighted by molar-refractivity contribution is -0.138. The molecule has 5 nitrogen and oxygen atoms in total. The number of ether oxygens (including phenoxy) is 2. The van der Waals surface area contributed by atoms with E-state index in [9.17, 15) is 4.79 Å². The standard InChI is InChI=1S/C12H24N2O3/c1-3-10-8-14(5-4-11(10)13)12(15)9-17-7-6-16-2/h10-11H,3-9,13H2,1-2H3. The van der Waals surface area contributed by atoms with Crippen LogP contribution in [-0.2, 0) is 14.3 Å². The molecule has 1 aliphatic heterocycles. The number of methoxy groups -OCH3 is 1. The summed E-state index contributed by atoms with van der Waals surface area (Å²) in [7, 11) is 1.61. The number of amides is 1. The second-order valence-electron chi connectivity index (χ2n) is 4.51. The van der Waals surface area contributed by atoms with Crippen molar-refractivity contribution >= 4 is 5.91 Å². The number of piperidine rings is 1. The average molecular weight is 244 g/mol. The molecule has 1 saturated heterocycles. The second-order valence-corrected chi connectivity index (χ2v) is 4.51. The van der Waals surface area contributed by atoms with Crippen LogP contribution in [0.5, 0.6) is 0 Å². The van der Waals surface area contributed by atoms with Crippen molar-refractivity contribution in [3.63, 3.8) is 0 Å². The fraction of sp³-hybridized carbons (Fsp3) is 0.917. The van der Waals surface area contributed by atoms with E-state index in [1.807, 2.05) is 4.90 Å². The molecule has 17 heavy (non-hydrogen) atoms. The summed E-state index contributed by atoms with van der Waals surface area (Å²) < 4.78 is 10.1. The molecule has 0 aromatic rings. The molecule has 2 N–H and O–H groups in total. The summed E-state index contributed by atoms with van der Waals surface area (Å²) in [5.41, 5.74) is 6.01. The van der Waals surface area contributed by atoms with Crippen molar-refractivity contribution in [3.8, 4) is 0 Å². The topological polar surface area (TPSA) is 64.8 Å². The molecule has 5 heteroatoms. The molecular formula is C12H24N2O3. The maximum atomic E-state index is 11.8. The summed E-state index contributed by atoms with van der Waals surface area (Å²) in [5, 5.41) is 0. The monoisotopic (exact) mass is 244 g/mol. The quantitative estimate of drug-likeness (QED) is 0.680. The first-order valence-corrected chi connectivity index (χ1v) is 6.29. The second kappa shape index (κ2) is 7.63. The fourth-order valence-corrected chi connectivity index (χ4v) is 2.10. The molecule has 1 heterocycles. The summed E-state index contributed by atoms with van der Waals surface area (Å²) in [4.78, 5) is 13.7. The molecule has 0 radical (unpaired) electrons. The zero-order valence-corrected chi connectivity index (χ0v) is 10.9. The highest BCUT2D eigenvalue weighted by molar-refractivity contribution is 5.77. The van der Waals surface area contributed by atoms with Crippen molar-refractivity contribution in [3.05, 3.63) is 0 Å². The van der Waals surface area contributed by atoms with Crippen LogP contribution in [0.15, 0.2) is 0 Å². The van der Waals surface area contributed by atoms with Crippen LogP contribution >= 0.6 is 0 Å². The Morgan fingerprint density at radius 2 is 2.24 bits per heavy atom. The van der Waals surface area contributed by atoms with Gasteiger partial charge in [0.05, 0.1) is 13.2 Å². The Hall–Kier alpha value is -0.650. The number of carbonyl (C=O) groups is 1. The summed E-state index contributed by atoms with van der Waals surface area (Å²) in [6, 6.07) is 0.235. The molecule has 0 aliphatic carbocycles. The molecule has 2 unspecified atom stereocenters. The molecule has 1 amide bonds. The van der Waals surface area contributed by atoms with Crippen LogP contribution in [0.1, 0.15) is 19.8 Å². The predicted molar refractivity (Wildman–Crippen MR) is 65.6 cm³/mol. The number of hydrogen-bond acceptors (Lipinski definition) is 4. The maximum absolute atomic E-state index is 11.8. The lowest BCUT2D eigenvalue weighted by atomic mass is 9.91. The third kappa shape index (κ3) is 4.61. The van der Waals surface area contributed by atoms with Gasteiger partial charge in [-0.05, 0) is 12.3 Å². The largest absolute Gasteiger partial charge is 0.382 e. The van der Waals surface area contributed by atoms with Crippen molar-refractivity contribution in [1.82, 2.24) is 4.90 Å². The van der Waals surface area contributed by atoms with Gasteiger partial charge in [0.25, 0.3) is 0 Å². The van der Waals surface area contributed by atoms with Gasteiger partial charge in [-0.3, -0.25) is 4.79 Å². The molecular weight excluding hydrogens is 220 g/mol. The Kier molecular flexibility index (Phi) is 6.47. The first kappa shape index (κ1) is 14.4. The smallest absolute Gasteiger partial charge is 0.248 e. The van der Waals surface area contributed by atoms with Crippen LogP contribution in [-0.4, -0.2) is 56.9 Å². The van der Waals surface area contributed by atoms with E-state index in [4.69, 9.17) is 15.2 Å². The molecule has 0 spiro atoms. The molecule has 1 fully saturated rings. The summed E-state index contributed by atoms with van der Waals surface area (Å²) in [5.74, 6) is 0.484. The van der Waals surface area contributed by atoms with E-state index in [0.29, 0.717) is 19.1 Å². The number of nitrogens with two attached hydrogens (primary N) is 1. The minimum atomic E-state index is 0.0615. The van der Waals surface area contributed by atoms with Crippen LogP contribution in [0.4, 0.5) is 0 Å². The lowest BCUT2D eigenvalue weighted by Gasteiger charge is -2.36.